The number of fused-ring (bicyclic) bond motifs is 5. The van der Waals surface area contributed by atoms with Crippen molar-refractivity contribution in [2.45, 2.75) is 112 Å². The summed E-state index contributed by atoms with van der Waals surface area (Å²) >= 11 is 0. The average Bonchev–Trinajstić information content (AvgIpc) is 3.20. The zero-order valence-electron chi connectivity index (χ0n) is 24.0. The van der Waals surface area contributed by atoms with Crippen molar-refractivity contribution in [3.8, 4) is 0 Å². The summed E-state index contributed by atoms with van der Waals surface area (Å²) in [5, 5.41) is 0. The summed E-state index contributed by atoms with van der Waals surface area (Å²) in [6, 6.07) is 0. The fourth-order valence-corrected chi connectivity index (χ4v) is 9.46. The highest BCUT2D eigenvalue weighted by Crippen LogP contribution is 2.68. The lowest BCUT2D eigenvalue weighted by Crippen LogP contribution is -2.64. The summed E-state index contributed by atoms with van der Waals surface area (Å²) in [7, 11) is 1.90. The molecule has 4 saturated carbocycles. The SMILES string of the molecule is CCOC(OCC)C1(C(OCC)OCC)C[C@@]2(C)[C@@H](CC[C@@H]3[C@@H]2CC[C@]2(C)[C@@H](OC)CC[C@@H]32)CC1=O. The van der Waals surface area contributed by atoms with E-state index < -0.39 is 18.0 Å². The first-order valence-corrected chi connectivity index (χ1v) is 14.8. The molecule has 0 saturated heterocycles. The Labute approximate surface area is 219 Å². The Hall–Kier alpha value is -0.530. The fourth-order valence-electron chi connectivity index (χ4n) is 9.46. The average molecular weight is 509 g/mol. The van der Waals surface area contributed by atoms with E-state index >= 15 is 0 Å². The molecule has 0 aromatic heterocycles. The van der Waals surface area contributed by atoms with E-state index in [0.29, 0.717) is 69.0 Å². The molecule has 6 heteroatoms. The molecule has 0 bridgehead atoms. The molecule has 0 spiro atoms. The summed E-state index contributed by atoms with van der Waals surface area (Å²) in [6.07, 6.45) is 7.54. The Morgan fingerprint density at radius 3 is 1.86 bits per heavy atom. The standard InChI is InChI=1S/C30H52O6/c1-8-33-26(34-9-2)30(27(35-10-3)36-11-4)19-29(6)20(18-24(30)31)12-13-21-22-14-15-25(32-7)28(22,5)17-16-23(21)29/h20-23,25-27H,8-19H2,1-7H3/t20-,21-,22-,23-,25-,28-,29-/m0/s1. The number of ether oxygens (including phenoxy) is 5. The van der Waals surface area contributed by atoms with Crippen LogP contribution < -0.4 is 0 Å². The van der Waals surface area contributed by atoms with Crippen molar-refractivity contribution in [1.29, 1.82) is 0 Å². The van der Waals surface area contributed by atoms with Gasteiger partial charge in [-0.25, -0.2) is 0 Å². The van der Waals surface area contributed by atoms with Crippen LogP contribution in [0.2, 0.25) is 0 Å². The zero-order valence-corrected chi connectivity index (χ0v) is 24.0. The first-order chi connectivity index (χ1) is 17.3. The molecule has 0 aromatic rings. The van der Waals surface area contributed by atoms with Gasteiger partial charge in [-0.15, -0.1) is 0 Å². The highest BCUT2D eigenvalue weighted by Gasteiger charge is 2.67. The van der Waals surface area contributed by atoms with E-state index in [-0.39, 0.29) is 16.6 Å². The van der Waals surface area contributed by atoms with Crippen LogP contribution in [0.1, 0.15) is 92.9 Å². The second kappa shape index (κ2) is 11.3. The molecule has 0 N–H and O–H groups in total. The quantitative estimate of drug-likeness (QED) is 0.319. The number of ketones is 1. The van der Waals surface area contributed by atoms with Gasteiger partial charge in [0.1, 0.15) is 11.2 Å². The Morgan fingerprint density at radius 1 is 0.778 bits per heavy atom. The molecule has 7 atom stereocenters. The molecule has 208 valence electrons. The normalized spacial score (nSPS) is 39.8. The van der Waals surface area contributed by atoms with Crippen LogP contribution in [0, 0.1) is 39.9 Å². The van der Waals surface area contributed by atoms with Gasteiger partial charge in [-0.1, -0.05) is 13.8 Å². The maximum atomic E-state index is 14.2. The second-order valence-corrected chi connectivity index (χ2v) is 12.3. The Kier molecular flexibility index (Phi) is 8.93. The molecule has 0 amide bonds. The van der Waals surface area contributed by atoms with Crippen molar-refractivity contribution in [2.75, 3.05) is 33.5 Å². The van der Waals surface area contributed by atoms with Crippen molar-refractivity contribution in [2.24, 2.45) is 39.9 Å². The summed E-state index contributed by atoms with van der Waals surface area (Å²) in [4.78, 5) is 14.2. The first-order valence-electron chi connectivity index (χ1n) is 14.8. The lowest BCUT2D eigenvalue weighted by molar-refractivity contribution is -0.302. The maximum absolute atomic E-state index is 14.2. The number of rotatable bonds is 11. The molecule has 4 aliphatic rings. The number of hydrogen-bond acceptors (Lipinski definition) is 6. The topological polar surface area (TPSA) is 63.2 Å². The smallest absolute Gasteiger partial charge is 0.174 e. The van der Waals surface area contributed by atoms with E-state index in [4.69, 9.17) is 23.7 Å². The molecular formula is C30H52O6. The summed E-state index contributed by atoms with van der Waals surface area (Å²) in [6.45, 7) is 14.8. The highest BCUT2D eigenvalue weighted by molar-refractivity contribution is 5.87. The summed E-state index contributed by atoms with van der Waals surface area (Å²) in [5.41, 5.74) is -0.669. The number of methoxy groups -OCH3 is 1. The van der Waals surface area contributed by atoms with Gasteiger partial charge in [-0.2, -0.15) is 0 Å². The summed E-state index contributed by atoms with van der Waals surface area (Å²) in [5.74, 6) is 2.58. The molecule has 4 fully saturated rings. The highest BCUT2D eigenvalue weighted by atomic mass is 16.7. The van der Waals surface area contributed by atoms with Gasteiger partial charge in [0.2, 0.25) is 0 Å². The molecular weight excluding hydrogens is 456 g/mol. The molecule has 6 nitrogen and oxygen atoms in total. The number of carbonyl (C=O) groups excluding carboxylic acids is 1. The van der Waals surface area contributed by atoms with E-state index in [9.17, 15) is 4.79 Å². The van der Waals surface area contributed by atoms with Crippen LogP contribution in [0.3, 0.4) is 0 Å². The van der Waals surface area contributed by atoms with Crippen LogP contribution in [0.25, 0.3) is 0 Å². The minimum atomic E-state index is -0.962. The van der Waals surface area contributed by atoms with Crippen LogP contribution in [0.4, 0.5) is 0 Å². The first kappa shape index (κ1) is 28.5. The molecule has 0 radical (unpaired) electrons. The van der Waals surface area contributed by atoms with Crippen LogP contribution in [0.5, 0.6) is 0 Å². The van der Waals surface area contributed by atoms with Crippen LogP contribution >= 0.6 is 0 Å². The predicted molar refractivity (Wildman–Crippen MR) is 139 cm³/mol. The monoisotopic (exact) mass is 508 g/mol. The Bertz CT molecular complexity index is 728. The second-order valence-electron chi connectivity index (χ2n) is 12.3. The van der Waals surface area contributed by atoms with Crippen molar-refractivity contribution in [1.82, 2.24) is 0 Å². The molecule has 0 unspecified atom stereocenters. The molecule has 36 heavy (non-hydrogen) atoms. The summed E-state index contributed by atoms with van der Waals surface area (Å²) < 4.78 is 30.9. The van der Waals surface area contributed by atoms with Crippen molar-refractivity contribution in [3.05, 3.63) is 0 Å². The van der Waals surface area contributed by atoms with Crippen LogP contribution in [-0.4, -0.2) is 58.0 Å². The van der Waals surface area contributed by atoms with E-state index in [1.165, 1.54) is 32.1 Å². The molecule has 0 heterocycles. The minimum Gasteiger partial charge on any atom is -0.381 e. The van der Waals surface area contributed by atoms with Gasteiger partial charge in [-0.05, 0) is 107 Å². The number of carbonyl (C=O) groups is 1. The van der Waals surface area contributed by atoms with Crippen molar-refractivity contribution < 1.29 is 28.5 Å². The van der Waals surface area contributed by atoms with Gasteiger partial charge < -0.3 is 23.7 Å². The maximum Gasteiger partial charge on any atom is 0.174 e. The van der Waals surface area contributed by atoms with Crippen LogP contribution in [-0.2, 0) is 28.5 Å². The van der Waals surface area contributed by atoms with Gasteiger partial charge in [0.15, 0.2) is 12.6 Å². The van der Waals surface area contributed by atoms with Crippen molar-refractivity contribution >= 4 is 5.78 Å². The third-order valence-electron chi connectivity index (χ3n) is 11.0. The van der Waals surface area contributed by atoms with Gasteiger partial charge >= 0.3 is 0 Å². The fraction of sp³-hybridized carbons (Fsp3) is 0.967. The van der Waals surface area contributed by atoms with Crippen LogP contribution in [0.15, 0.2) is 0 Å². The van der Waals surface area contributed by atoms with E-state index in [2.05, 4.69) is 13.8 Å². The molecule has 0 aliphatic heterocycles. The lowest BCUT2D eigenvalue weighted by Gasteiger charge is -2.63. The van der Waals surface area contributed by atoms with Crippen molar-refractivity contribution in [3.63, 3.8) is 0 Å². The minimum absolute atomic E-state index is 0.0161. The Morgan fingerprint density at radius 2 is 1.33 bits per heavy atom. The van der Waals surface area contributed by atoms with Gasteiger partial charge in [-0.3, -0.25) is 4.79 Å². The van der Waals surface area contributed by atoms with Gasteiger partial charge in [0, 0.05) is 40.0 Å². The third kappa shape index (κ3) is 4.41. The van der Waals surface area contributed by atoms with E-state index in [1.807, 2.05) is 34.8 Å². The molecule has 4 aliphatic carbocycles. The van der Waals surface area contributed by atoms with E-state index in [1.54, 1.807) is 0 Å². The largest absolute Gasteiger partial charge is 0.381 e. The molecule has 4 rings (SSSR count). The zero-order chi connectivity index (χ0) is 26.1. The predicted octanol–water partition coefficient (Wildman–Crippen LogP) is 6.01. The van der Waals surface area contributed by atoms with Gasteiger partial charge in [0.25, 0.3) is 0 Å². The van der Waals surface area contributed by atoms with E-state index in [0.717, 1.165) is 6.42 Å². The molecule has 0 aromatic carbocycles. The van der Waals surface area contributed by atoms with Gasteiger partial charge in [0.05, 0.1) is 6.10 Å². The third-order valence-corrected chi connectivity index (χ3v) is 11.0. The lowest BCUT2D eigenvalue weighted by atomic mass is 9.42. The number of Topliss-reactive ketones (excluding diaryl/α,β-unsaturated/α-hetero) is 1. The Balaban J connectivity index is 1.74. The number of hydrogen-bond donors (Lipinski definition) is 0.